The fourth-order valence-electron chi connectivity index (χ4n) is 2.37. The maximum atomic E-state index is 13.6. The van der Waals surface area contributed by atoms with Crippen molar-refractivity contribution >= 4 is 0 Å². The third-order valence-corrected chi connectivity index (χ3v) is 3.48. The zero-order valence-electron chi connectivity index (χ0n) is 11.1. The first kappa shape index (κ1) is 13.4. The molecular weight excluding hydrogens is 234 g/mol. The van der Waals surface area contributed by atoms with Gasteiger partial charge in [-0.1, -0.05) is 0 Å². The van der Waals surface area contributed by atoms with Crippen molar-refractivity contribution in [2.24, 2.45) is 0 Å². The molecule has 1 atom stereocenters. The van der Waals surface area contributed by atoms with E-state index in [9.17, 15) is 8.78 Å². The minimum Gasteiger partial charge on any atom is -0.309 e. The van der Waals surface area contributed by atoms with Crippen LogP contribution in [-0.4, -0.2) is 29.6 Å². The number of hydrogen-bond acceptors (Lipinski definition) is 2. The third-order valence-electron chi connectivity index (χ3n) is 3.48. The highest BCUT2D eigenvalue weighted by molar-refractivity contribution is 5.19. The van der Waals surface area contributed by atoms with Crippen LogP contribution in [0.3, 0.4) is 0 Å². The molecule has 1 aliphatic heterocycles. The molecule has 1 aromatic rings. The van der Waals surface area contributed by atoms with E-state index in [1.165, 1.54) is 12.1 Å². The van der Waals surface area contributed by atoms with Crippen LogP contribution >= 0.6 is 0 Å². The van der Waals surface area contributed by atoms with Gasteiger partial charge in [-0.15, -0.1) is 0 Å². The first-order chi connectivity index (χ1) is 8.37. The molecular formula is C14H20F2N2. The van der Waals surface area contributed by atoms with Crippen LogP contribution in [0.5, 0.6) is 0 Å². The standard InChI is InChI=1S/C14H20F2N2/c1-10-7-17-14(2,3)9-18(10)8-11-6-12(15)4-5-13(11)16/h4-6,10,17H,7-9H2,1-3H3. The highest BCUT2D eigenvalue weighted by atomic mass is 19.1. The summed E-state index contributed by atoms with van der Waals surface area (Å²) in [4.78, 5) is 2.19. The Hall–Kier alpha value is -1.00. The van der Waals surface area contributed by atoms with Gasteiger partial charge in [-0.05, 0) is 39.0 Å². The predicted molar refractivity (Wildman–Crippen MR) is 68.3 cm³/mol. The summed E-state index contributed by atoms with van der Waals surface area (Å²) < 4.78 is 26.8. The molecule has 1 heterocycles. The average molecular weight is 254 g/mol. The molecule has 18 heavy (non-hydrogen) atoms. The van der Waals surface area contributed by atoms with E-state index < -0.39 is 0 Å². The number of nitrogens with zero attached hydrogens (tertiary/aromatic N) is 1. The monoisotopic (exact) mass is 254 g/mol. The first-order valence-corrected chi connectivity index (χ1v) is 6.30. The summed E-state index contributed by atoms with van der Waals surface area (Å²) in [6.45, 7) is 8.48. The van der Waals surface area contributed by atoms with Crippen molar-refractivity contribution in [2.45, 2.75) is 38.9 Å². The smallest absolute Gasteiger partial charge is 0.127 e. The van der Waals surface area contributed by atoms with Gasteiger partial charge >= 0.3 is 0 Å². The molecule has 1 N–H and O–H groups in total. The number of piperazine rings is 1. The van der Waals surface area contributed by atoms with Gasteiger partial charge in [0, 0.05) is 36.8 Å². The van der Waals surface area contributed by atoms with E-state index in [-0.39, 0.29) is 17.2 Å². The second kappa shape index (κ2) is 4.94. The van der Waals surface area contributed by atoms with Gasteiger partial charge in [0.15, 0.2) is 0 Å². The Balaban J connectivity index is 2.14. The number of rotatable bonds is 2. The van der Waals surface area contributed by atoms with E-state index in [2.05, 4.69) is 31.0 Å². The zero-order valence-corrected chi connectivity index (χ0v) is 11.1. The largest absolute Gasteiger partial charge is 0.309 e. The summed E-state index contributed by atoms with van der Waals surface area (Å²) >= 11 is 0. The molecule has 2 nitrogen and oxygen atoms in total. The highest BCUT2D eigenvalue weighted by Gasteiger charge is 2.30. The molecule has 1 fully saturated rings. The Labute approximate surface area is 107 Å². The van der Waals surface area contributed by atoms with Gasteiger partial charge in [0.1, 0.15) is 11.6 Å². The van der Waals surface area contributed by atoms with Crippen molar-refractivity contribution < 1.29 is 8.78 Å². The lowest BCUT2D eigenvalue weighted by Crippen LogP contribution is -2.60. The Bertz CT molecular complexity index is 432. The molecule has 4 heteroatoms. The molecule has 2 rings (SSSR count). The van der Waals surface area contributed by atoms with E-state index in [4.69, 9.17) is 0 Å². The molecule has 0 radical (unpaired) electrons. The Kier molecular flexibility index (Phi) is 3.69. The van der Waals surface area contributed by atoms with E-state index in [0.29, 0.717) is 18.2 Å². The molecule has 0 aromatic heterocycles. The van der Waals surface area contributed by atoms with Crippen molar-refractivity contribution in [3.8, 4) is 0 Å². The zero-order chi connectivity index (χ0) is 13.3. The third kappa shape index (κ3) is 3.06. The van der Waals surface area contributed by atoms with Crippen molar-refractivity contribution in [1.29, 1.82) is 0 Å². The van der Waals surface area contributed by atoms with Crippen LogP contribution in [0.4, 0.5) is 8.78 Å². The van der Waals surface area contributed by atoms with Gasteiger partial charge in [0.25, 0.3) is 0 Å². The normalized spacial score (nSPS) is 24.2. The molecule has 0 aliphatic carbocycles. The van der Waals surface area contributed by atoms with Gasteiger partial charge in [-0.25, -0.2) is 8.78 Å². The fraction of sp³-hybridized carbons (Fsp3) is 0.571. The van der Waals surface area contributed by atoms with Gasteiger partial charge in [-0.3, -0.25) is 4.90 Å². The maximum absolute atomic E-state index is 13.6. The SMILES string of the molecule is CC1CNC(C)(C)CN1Cc1cc(F)ccc1F. The van der Waals surface area contributed by atoms with Crippen molar-refractivity contribution in [3.05, 3.63) is 35.4 Å². The van der Waals surface area contributed by atoms with Crippen molar-refractivity contribution in [1.82, 2.24) is 10.2 Å². The lowest BCUT2D eigenvalue weighted by atomic mass is 9.98. The summed E-state index contributed by atoms with van der Waals surface area (Å²) in [5.41, 5.74) is 0.440. The Morgan fingerprint density at radius 1 is 1.39 bits per heavy atom. The maximum Gasteiger partial charge on any atom is 0.127 e. The molecule has 1 saturated heterocycles. The fourth-order valence-corrected chi connectivity index (χ4v) is 2.37. The van der Waals surface area contributed by atoms with Crippen LogP contribution in [0.15, 0.2) is 18.2 Å². The van der Waals surface area contributed by atoms with Gasteiger partial charge < -0.3 is 5.32 Å². The summed E-state index contributed by atoms with van der Waals surface area (Å²) in [6, 6.07) is 3.96. The Morgan fingerprint density at radius 3 is 2.83 bits per heavy atom. The van der Waals surface area contributed by atoms with Crippen molar-refractivity contribution in [2.75, 3.05) is 13.1 Å². The summed E-state index contributed by atoms with van der Waals surface area (Å²) in [7, 11) is 0. The molecule has 0 amide bonds. The van der Waals surface area contributed by atoms with E-state index >= 15 is 0 Å². The number of nitrogens with one attached hydrogen (secondary N) is 1. The lowest BCUT2D eigenvalue weighted by molar-refractivity contribution is 0.0965. The number of hydrogen-bond donors (Lipinski definition) is 1. The molecule has 0 spiro atoms. The minimum atomic E-state index is -0.381. The van der Waals surface area contributed by atoms with E-state index in [0.717, 1.165) is 19.2 Å². The van der Waals surface area contributed by atoms with Crippen LogP contribution in [0, 0.1) is 11.6 Å². The summed E-state index contributed by atoms with van der Waals surface area (Å²) in [5, 5.41) is 3.44. The van der Waals surface area contributed by atoms with Gasteiger partial charge in [0.2, 0.25) is 0 Å². The summed E-state index contributed by atoms with van der Waals surface area (Å²) in [5.74, 6) is -0.714. The second-order valence-corrected chi connectivity index (χ2v) is 5.75. The molecule has 1 aromatic carbocycles. The van der Waals surface area contributed by atoms with Crippen molar-refractivity contribution in [3.63, 3.8) is 0 Å². The Morgan fingerprint density at radius 2 is 2.11 bits per heavy atom. The molecule has 1 aliphatic rings. The molecule has 100 valence electrons. The van der Waals surface area contributed by atoms with E-state index in [1.807, 2.05) is 0 Å². The number of benzene rings is 1. The molecule has 1 unspecified atom stereocenters. The molecule has 0 saturated carbocycles. The second-order valence-electron chi connectivity index (χ2n) is 5.75. The average Bonchev–Trinajstić information content (AvgIpc) is 2.28. The quantitative estimate of drug-likeness (QED) is 0.872. The van der Waals surface area contributed by atoms with Crippen LogP contribution in [0.2, 0.25) is 0 Å². The highest BCUT2D eigenvalue weighted by Crippen LogP contribution is 2.19. The predicted octanol–water partition coefficient (Wildman–Crippen LogP) is 2.54. The lowest BCUT2D eigenvalue weighted by Gasteiger charge is -2.43. The topological polar surface area (TPSA) is 15.3 Å². The minimum absolute atomic E-state index is 0.0102. The summed E-state index contributed by atoms with van der Waals surface area (Å²) in [6.07, 6.45) is 0. The van der Waals surface area contributed by atoms with Crippen LogP contribution in [-0.2, 0) is 6.54 Å². The van der Waals surface area contributed by atoms with Crippen LogP contribution in [0.25, 0.3) is 0 Å². The first-order valence-electron chi connectivity index (χ1n) is 6.30. The van der Waals surface area contributed by atoms with Crippen LogP contribution in [0.1, 0.15) is 26.3 Å². The van der Waals surface area contributed by atoms with E-state index in [1.54, 1.807) is 0 Å². The van der Waals surface area contributed by atoms with Crippen LogP contribution < -0.4 is 5.32 Å². The van der Waals surface area contributed by atoms with Gasteiger partial charge in [0.05, 0.1) is 0 Å². The molecule has 0 bridgehead atoms. The number of halogens is 2. The van der Waals surface area contributed by atoms with Gasteiger partial charge in [-0.2, -0.15) is 0 Å².